The van der Waals surface area contributed by atoms with Crippen molar-refractivity contribution in [2.75, 3.05) is 0 Å². The number of amides is 2. The molecule has 0 bridgehead atoms. The van der Waals surface area contributed by atoms with E-state index in [0.717, 1.165) is 6.21 Å². The Morgan fingerprint density at radius 3 is 2.80 bits per heavy atom. The lowest BCUT2D eigenvalue weighted by Gasteiger charge is -1.95. The van der Waals surface area contributed by atoms with Gasteiger partial charge >= 0.3 is 6.03 Å². The SMILES string of the molecule is N[13C](=O)[15NH]/[15N]=C/c1ccccc1[N+](=O)[O-]. The van der Waals surface area contributed by atoms with Crippen molar-refractivity contribution in [3.8, 4) is 0 Å². The quantitative estimate of drug-likeness (QED) is 0.251. The van der Waals surface area contributed by atoms with Gasteiger partial charge < -0.3 is 5.73 Å². The summed E-state index contributed by atoms with van der Waals surface area (Å²) in [6.45, 7) is 0. The van der Waals surface area contributed by atoms with E-state index in [1.807, 2.05) is 5.43 Å². The molecule has 0 atom stereocenters. The fourth-order valence-corrected chi connectivity index (χ4v) is 0.928. The molecule has 3 N–H and O–H groups in total. The molecule has 0 saturated carbocycles. The van der Waals surface area contributed by atoms with Gasteiger partial charge in [-0.1, -0.05) is 12.1 Å². The van der Waals surface area contributed by atoms with E-state index in [2.05, 4.69) is 5.10 Å². The Morgan fingerprint density at radius 1 is 1.53 bits per heavy atom. The molecule has 1 aromatic rings. The number of nitrogens with zero attached hydrogens (tertiary/aromatic N) is 2. The van der Waals surface area contributed by atoms with E-state index in [9.17, 15) is 14.9 Å². The fourth-order valence-electron chi connectivity index (χ4n) is 0.928. The Balaban J connectivity index is 2.89. The number of hydrazone groups is 1. The van der Waals surface area contributed by atoms with Gasteiger partial charge in [0, 0.05) is 6.07 Å². The van der Waals surface area contributed by atoms with Crippen molar-refractivity contribution in [1.82, 2.24) is 5.43 Å². The van der Waals surface area contributed by atoms with Crippen LogP contribution in [0.1, 0.15) is 5.56 Å². The standard InChI is InChI=1S/C8H8N4O3/c9-8(13)11-10-5-6-3-1-2-4-7(6)12(14)15/h1-5H,(H3,9,11,13)/b10-5+/i8+1,10+1,11+1. The molecule has 0 aliphatic heterocycles. The molecule has 0 heterocycles. The number of carbonyl (C=O) groups is 1. The van der Waals surface area contributed by atoms with E-state index in [1.165, 1.54) is 18.2 Å². The Bertz CT molecular complexity index is 416. The Morgan fingerprint density at radius 2 is 2.20 bits per heavy atom. The number of hydrogen-bond donors (Lipinski definition) is 2. The van der Waals surface area contributed by atoms with Gasteiger partial charge in [-0.05, 0) is 6.07 Å². The van der Waals surface area contributed by atoms with Crippen LogP contribution in [0, 0.1) is 10.1 Å². The summed E-state index contributed by atoms with van der Waals surface area (Å²) in [4.78, 5) is 20.3. The third-order valence-corrected chi connectivity index (χ3v) is 1.51. The number of nitrogens with one attached hydrogen (secondary N) is 1. The van der Waals surface area contributed by atoms with Gasteiger partial charge in [-0.15, -0.1) is 0 Å². The monoisotopic (exact) mass is 211 g/mol. The molecule has 0 radical (unpaired) electrons. The molecule has 0 spiro atoms. The lowest BCUT2D eigenvalue weighted by molar-refractivity contribution is -0.385. The van der Waals surface area contributed by atoms with Crippen LogP contribution in [0.5, 0.6) is 0 Å². The lowest BCUT2D eigenvalue weighted by Crippen LogP contribution is -2.24. The van der Waals surface area contributed by atoms with Crippen molar-refractivity contribution in [2.45, 2.75) is 0 Å². The minimum Gasteiger partial charge on any atom is -0.350 e. The first-order valence-electron chi connectivity index (χ1n) is 3.93. The van der Waals surface area contributed by atoms with Gasteiger partial charge in [0.1, 0.15) is 0 Å². The second kappa shape index (κ2) is 4.70. The predicted molar refractivity (Wildman–Crippen MR) is 53.4 cm³/mol. The minimum absolute atomic E-state index is 0.0903. The highest BCUT2D eigenvalue weighted by atomic mass is 16.6. The van der Waals surface area contributed by atoms with Crippen LogP contribution in [-0.2, 0) is 0 Å². The molecule has 0 fully saturated rings. The van der Waals surface area contributed by atoms with E-state index in [1.54, 1.807) is 6.07 Å². The van der Waals surface area contributed by atoms with Crippen molar-refractivity contribution < 1.29 is 9.72 Å². The number of carbonyl (C=O) groups excluding carboxylic acids is 1. The number of nitro benzene ring substituents is 1. The third-order valence-electron chi connectivity index (χ3n) is 1.51. The second-order valence-corrected chi connectivity index (χ2v) is 2.55. The third kappa shape index (κ3) is 3.07. The largest absolute Gasteiger partial charge is 0.350 e. The molecule has 7 heteroatoms. The van der Waals surface area contributed by atoms with Crippen LogP contribution in [-0.4, -0.2) is 17.2 Å². The first kappa shape index (κ1) is 10.6. The van der Waals surface area contributed by atoms with Crippen LogP contribution in [0.4, 0.5) is 10.5 Å². The number of rotatable bonds is 3. The van der Waals surface area contributed by atoms with Gasteiger partial charge in [0.25, 0.3) is 5.69 Å². The van der Waals surface area contributed by atoms with Gasteiger partial charge in [0.15, 0.2) is 0 Å². The molecule has 0 aromatic heterocycles. The fraction of sp³-hybridized carbons (Fsp3) is 0. The number of benzene rings is 1. The summed E-state index contributed by atoms with van der Waals surface area (Å²) >= 11 is 0. The van der Waals surface area contributed by atoms with Crippen molar-refractivity contribution in [3.05, 3.63) is 39.9 Å². The second-order valence-electron chi connectivity index (χ2n) is 2.55. The molecule has 15 heavy (non-hydrogen) atoms. The maximum absolute atomic E-state index is 10.6. The molecule has 1 rings (SSSR count). The van der Waals surface area contributed by atoms with E-state index in [0.29, 0.717) is 0 Å². The Labute approximate surface area is 84.7 Å². The summed E-state index contributed by atoms with van der Waals surface area (Å²) in [6, 6.07) is 5.18. The van der Waals surface area contributed by atoms with Crippen LogP contribution >= 0.6 is 0 Å². The van der Waals surface area contributed by atoms with E-state index >= 15 is 0 Å². The van der Waals surface area contributed by atoms with Crippen molar-refractivity contribution >= 4 is 17.9 Å². The highest BCUT2D eigenvalue weighted by molar-refractivity contribution is 5.86. The summed E-state index contributed by atoms with van der Waals surface area (Å²) < 4.78 is 0. The molecule has 0 unspecified atom stereocenters. The summed E-state index contributed by atoms with van der Waals surface area (Å²) in [5.41, 5.74) is 6.90. The molecule has 0 aliphatic carbocycles. The first-order valence-corrected chi connectivity index (χ1v) is 3.93. The van der Waals surface area contributed by atoms with Gasteiger partial charge in [-0.3, -0.25) is 10.1 Å². The highest BCUT2D eigenvalue weighted by Crippen LogP contribution is 2.14. The van der Waals surface area contributed by atoms with Gasteiger partial charge in [0.2, 0.25) is 0 Å². The number of primary amides is 1. The van der Waals surface area contributed by atoms with Crippen LogP contribution in [0.2, 0.25) is 0 Å². The normalized spacial score (nSPS) is 10.1. The molecular weight excluding hydrogens is 203 g/mol. The zero-order chi connectivity index (χ0) is 11.3. The van der Waals surface area contributed by atoms with Crippen LogP contribution in [0.15, 0.2) is 29.4 Å². The zero-order valence-corrected chi connectivity index (χ0v) is 7.58. The number of nitro groups is 1. The summed E-state index contributed by atoms with van der Waals surface area (Å²) in [5.74, 6) is 0. The maximum atomic E-state index is 10.6. The average molecular weight is 211 g/mol. The lowest BCUT2D eigenvalue weighted by atomic mass is 10.2. The van der Waals surface area contributed by atoms with Gasteiger partial charge in [-0.2, -0.15) is 5.10 Å². The molecule has 7 nitrogen and oxygen atoms in total. The predicted octanol–water partition coefficient (Wildman–Crippen LogP) is 0.597. The summed E-state index contributed by atoms with van der Waals surface area (Å²) in [7, 11) is 0. The molecule has 78 valence electrons. The summed E-state index contributed by atoms with van der Waals surface area (Å²) in [5, 5.41) is 14.0. The van der Waals surface area contributed by atoms with Crippen molar-refractivity contribution in [3.63, 3.8) is 0 Å². The summed E-state index contributed by atoms with van der Waals surface area (Å²) in [6.07, 6.45) is 1.16. The van der Waals surface area contributed by atoms with E-state index in [-0.39, 0.29) is 11.3 Å². The number of nitrogens with two attached hydrogens (primary N) is 1. The van der Waals surface area contributed by atoms with Crippen LogP contribution in [0.25, 0.3) is 0 Å². The molecule has 2 amide bonds. The van der Waals surface area contributed by atoms with Crippen LogP contribution in [0.3, 0.4) is 0 Å². The molecule has 0 aliphatic rings. The van der Waals surface area contributed by atoms with Gasteiger partial charge in [0.05, 0.1) is 16.7 Å². The minimum atomic E-state index is -0.829. The van der Waals surface area contributed by atoms with Crippen LogP contribution < -0.4 is 11.2 Å². The maximum Gasteiger partial charge on any atom is 0.332 e. The average Bonchev–Trinajstić information content (AvgIpc) is 2.17. The van der Waals surface area contributed by atoms with Crippen molar-refractivity contribution in [2.24, 2.45) is 10.8 Å². The van der Waals surface area contributed by atoms with Gasteiger partial charge in [-0.25, -0.2) is 10.2 Å². The zero-order valence-electron chi connectivity index (χ0n) is 7.58. The highest BCUT2D eigenvalue weighted by Gasteiger charge is 2.09. The van der Waals surface area contributed by atoms with E-state index < -0.39 is 11.0 Å². The van der Waals surface area contributed by atoms with Crippen molar-refractivity contribution in [1.29, 1.82) is 0 Å². The Kier molecular flexibility index (Phi) is 3.33. The molecule has 0 saturated heterocycles. The Hall–Kier alpha value is -2.44. The first-order chi connectivity index (χ1) is 7.11. The molecular formula is C8H8N4O3. The van der Waals surface area contributed by atoms with E-state index in [4.69, 9.17) is 5.73 Å². The number of hydrogen-bond acceptors (Lipinski definition) is 4. The smallest absolute Gasteiger partial charge is 0.332 e. The number of para-hydroxylation sites is 1. The molecule has 1 aromatic carbocycles. The topological polar surface area (TPSA) is 111 Å². The number of urea groups is 1.